The Morgan fingerprint density at radius 1 is 1.21 bits per heavy atom. The second kappa shape index (κ2) is 7.90. The maximum atomic E-state index is 5.48. The first-order chi connectivity index (χ1) is 11.7. The van der Waals surface area contributed by atoms with Gasteiger partial charge in [-0.3, -0.25) is 0 Å². The number of ether oxygens (including phenoxy) is 1. The van der Waals surface area contributed by atoms with Crippen molar-refractivity contribution in [2.75, 3.05) is 32.6 Å². The molecule has 1 unspecified atom stereocenters. The van der Waals surface area contributed by atoms with Gasteiger partial charge in [0.2, 0.25) is 11.8 Å². The quantitative estimate of drug-likeness (QED) is 0.858. The first-order valence-electron chi connectivity index (χ1n) is 8.14. The Labute approximate surface area is 150 Å². The Morgan fingerprint density at radius 2 is 2.00 bits per heavy atom. The zero-order chi connectivity index (χ0) is 16.9. The van der Waals surface area contributed by atoms with E-state index >= 15 is 0 Å². The van der Waals surface area contributed by atoms with E-state index in [0.717, 1.165) is 35.4 Å². The van der Waals surface area contributed by atoms with E-state index < -0.39 is 0 Å². The van der Waals surface area contributed by atoms with E-state index in [1.807, 2.05) is 6.07 Å². The number of likely N-dealkylation sites (tertiary alicyclic amines) is 1. The van der Waals surface area contributed by atoms with Gasteiger partial charge in [-0.25, -0.2) is 15.0 Å². The highest BCUT2D eigenvalue weighted by Crippen LogP contribution is 2.31. The summed E-state index contributed by atoms with van der Waals surface area (Å²) < 4.78 is 6.32. The highest BCUT2D eigenvalue weighted by molar-refractivity contribution is 9.10. The maximum absolute atomic E-state index is 5.48. The van der Waals surface area contributed by atoms with E-state index in [1.54, 1.807) is 19.5 Å². The molecular formula is C17H22BrN5O. The summed E-state index contributed by atoms with van der Waals surface area (Å²) in [6.45, 7) is 2.27. The van der Waals surface area contributed by atoms with Crippen LogP contribution in [0.3, 0.4) is 0 Å². The largest absolute Gasteiger partial charge is 0.480 e. The molecule has 0 aliphatic carbocycles. The molecule has 0 amide bonds. The van der Waals surface area contributed by atoms with Crippen molar-refractivity contribution in [2.45, 2.75) is 25.2 Å². The fraction of sp³-hybridized carbons (Fsp3) is 0.471. The van der Waals surface area contributed by atoms with Crippen molar-refractivity contribution < 1.29 is 4.74 Å². The predicted octanol–water partition coefficient (Wildman–Crippen LogP) is 3.59. The lowest BCUT2D eigenvalue weighted by Gasteiger charge is -2.17. The minimum atomic E-state index is 0.488. The van der Waals surface area contributed by atoms with Crippen LogP contribution in [0.5, 0.6) is 5.88 Å². The number of halogens is 1. The Bertz CT molecular complexity index is 679. The van der Waals surface area contributed by atoms with Crippen LogP contribution >= 0.6 is 15.9 Å². The number of rotatable bonds is 4. The van der Waals surface area contributed by atoms with Gasteiger partial charge in [0.25, 0.3) is 0 Å². The number of aromatic nitrogens is 3. The van der Waals surface area contributed by atoms with Crippen molar-refractivity contribution in [2.24, 2.45) is 0 Å². The topological polar surface area (TPSA) is 63.2 Å². The molecule has 0 aromatic carbocycles. The van der Waals surface area contributed by atoms with Gasteiger partial charge in [-0.05, 0) is 67.5 Å². The molecule has 0 radical (unpaired) electrons. The van der Waals surface area contributed by atoms with Crippen LogP contribution in [0.25, 0.3) is 0 Å². The summed E-state index contributed by atoms with van der Waals surface area (Å²) >= 11 is 3.33. The predicted molar refractivity (Wildman–Crippen MR) is 97.9 cm³/mol. The molecule has 128 valence electrons. The number of methoxy groups -OCH3 is 1. The van der Waals surface area contributed by atoms with Gasteiger partial charge >= 0.3 is 0 Å². The van der Waals surface area contributed by atoms with Crippen molar-refractivity contribution in [3.63, 3.8) is 0 Å². The van der Waals surface area contributed by atoms with Crippen LogP contribution in [0.15, 0.2) is 29.0 Å². The average Bonchev–Trinajstić information content (AvgIpc) is 2.82. The van der Waals surface area contributed by atoms with Crippen molar-refractivity contribution in [1.29, 1.82) is 0 Å². The molecule has 1 N–H and O–H groups in total. The van der Waals surface area contributed by atoms with Gasteiger partial charge in [0.1, 0.15) is 5.69 Å². The molecule has 0 spiro atoms. The Kier molecular flexibility index (Phi) is 5.63. The molecule has 1 saturated heterocycles. The van der Waals surface area contributed by atoms with Crippen LogP contribution in [0.1, 0.15) is 30.9 Å². The number of anilines is 2. The molecule has 24 heavy (non-hydrogen) atoms. The Morgan fingerprint density at radius 3 is 2.75 bits per heavy atom. The molecule has 6 nitrogen and oxygen atoms in total. The standard InChI is InChI=1S/C17H22BrN5O/c1-23-8-3-4-12(7-9-23)14-5-6-15(16(21-14)24-2)22-17-19-10-13(18)11-20-17/h5-6,10-12H,3-4,7-9H2,1-2H3,(H,19,20,22). The van der Waals surface area contributed by atoms with Gasteiger partial charge in [0.05, 0.1) is 11.6 Å². The second-order valence-corrected chi connectivity index (χ2v) is 6.99. The number of pyridine rings is 1. The van der Waals surface area contributed by atoms with E-state index in [4.69, 9.17) is 9.72 Å². The summed E-state index contributed by atoms with van der Waals surface area (Å²) in [4.78, 5) is 15.6. The fourth-order valence-electron chi connectivity index (χ4n) is 2.97. The van der Waals surface area contributed by atoms with Crippen LogP contribution in [-0.4, -0.2) is 47.1 Å². The van der Waals surface area contributed by atoms with Crippen molar-refractivity contribution in [1.82, 2.24) is 19.9 Å². The van der Waals surface area contributed by atoms with Crippen molar-refractivity contribution >= 4 is 27.6 Å². The normalized spacial score (nSPS) is 18.9. The molecule has 1 aliphatic rings. The molecule has 1 aliphatic heterocycles. The molecular weight excluding hydrogens is 370 g/mol. The smallest absolute Gasteiger partial charge is 0.237 e. The van der Waals surface area contributed by atoms with E-state index in [9.17, 15) is 0 Å². The van der Waals surface area contributed by atoms with E-state index in [-0.39, 0.29) is 0 Å². The summed E-state index contributed by atoms with van der Waals surface area (Å²) in [6.07, 6.45) is 6.91. The van der Waals surface area contributed by atoms with Gasteiger partial charge in [-0.2, -0.15) is 0 Å². The zero-order valence-corrected chi connectivity index (χ0v) is 15.6. The molecule has 1 fully saturated rings. The number of nitrogens with zero attached hydrogens (tertiary/aromatic N) is 4. The molecule has 2 aromatic heterocycles. The highest BCUT2D eigenvalue weighted by atomic mass is 79.9. The summed E-state index contributed by atoms with van der Waals surface area (Å²) in [5, 5.41) is 3.16. The van der Waals surface area contributed by atoms with Gasteiger partial charge in [-0.15, -0.1) is 0 Å². The van der Waals surface area contributed by atoms with E-state index in [0.29, 0.717) is 17.7 Å². The lowest BCUT2D eigenvalue weighted by atomic mass is 9.96. The third kappa shape index (κ3) is 4.21. The minimum absolute atomic E-state index is 0.488. The third-order valence-electron chi connectivity index (χ3n) is 4.31. The van der Waals surface area contributed by atoms with Gasteiger partial charge in [0.15, 0.2) is 0 Å². The summed E-state index contributed by atoms with van der Waals surface area (Å²) in [6, 6.07) is 4.08. The molecule has 3 rings (SSSR count). The first kappa shape index (κ1) is 17.1. The second-order valence-electron chi connectivity index (χ2n) is 6.07. The third-order valence-corrected chi connectivity index (χ3v) is 4.72. The van der Waals surface area contributed by atoms with Gasteiger partial charge in [0, 0.05) is 24.0 Å². The first-order valence-corrected chi connectivity index (χ1v) is 8.93. The number of hydrogen-bond acceptors (Lipinski definition) is 6. The summed E-state index contributed by atoms with van der Waals surface area (Å²) in [5.41, 5.74) is 1.87. The maximum Gasteiger partial charge on any atom is 0.237 e. The van der Waals surface area contributed by atoms with Crippen LogP contribution in [0, 0.1) is 0 Å². The Hall–Kier alpha value is -1.73. The zero-order valence-electron chi connectivity index (χ0n) is 14.0. The lowest BCUT2D eigenvalue weighted by Crippen LogP contribution is -2.18. The molecule has 2 aromatic rings. The average molecular weight is 392 g/mol. The summed E-state index contributed by atoms with van der Waals surface area (Å²) in [7, 11) is 3.82. The van der Waals surface area contributed by atoms with Crippen molar-refractivity contribution in [3.8, 4) is 5.88 Å². The molecule has 3 heterocycles. The van der Waals surface area contributed by atoms with Crippen LogP contribution in [0.4, 0.5) is 11.6 Å². The molecule has 0 saturated carbocycles. The lowest BCUT2D eigenvalue weighted by molar-refractivity contribution is 0.347. The number of hydrogen-bond donors (Lipinski definition) is 1. The monoisotopic (exact) mass is 391 g/mol. The van der Waals surface area contributed by atoms with E-state index in [1.165, 1.54) is 12.8 Å². The minimum Gasteiger partial charge on any atom is -0.480 e. The summed E-state index contributed by atoms with van der Waals surface area (Å²) in [5.74, 6) is 1.58. The molecule has 1 atom stereocenters. The van der Waals surface area contributed by atoms with Crippen LogP contribution in [-0.2, 0) is 0 Å². The van der Waals surface area contributed by atoms with Gasteiger partial charge < -0.3 is 15.0 Å². The molecule has 0 bridgehead atoms. The van der Waals surface area contributed by atoms with Crippen molar-refractivity contribution in [3.05, 3.63) is 34.7 Å². The van der Waals surface area contributed by atoms with Crippen LogP contribution in [0.2, 0.25) is 0 Å². The highest BCUT2D eigenvalue weighted by Gasteiger charge is 2.19. The number of nitrogens with one attached hydrogen (secondary N) is 1. The molecule has 7 heteroatoms. The van der Waals surface area contributed by atoms with Crippen LogP contribution < -0.4 is 10.1 Å². The fourth-order valence-corrected chi connectivity index (χ4v) is 3.17. The van der Waals surface area contributed by atoms with E-state index in [2.05, 4.69) is 49.2 Å². The Balaban J connectivity index is 1.78. The van der Waals surface area contributed by atoms with Gasteiger partial charge in [-0.1, -0.05) is 0 Å². The SMILES string of the molecule is COc1nc(C2CCCN(C)CC2)ccc1Nc1ncc(Br)cn1.